The maximum atomic E-state index is 13.0. The molecular weight excluding hydrogens is 391 g/mol. The number of likely N-dealkylation sites (tertiary alicyclic amines) is 1. The van der Waals surface area contributed by atoms with Gasteiger partial charge in [0, 0.05) is 36.1 Å². The zero-order valence-electron chi connectivity index (χ0n) is 16.2. The topological polar surface area (TPSA) is 66.7 Å². The molecule has 0 spiro atoms. The van der Waals surface area contributed by atoms with Gasteiger partial charge >= 0.3 is 0 Å². The highest BCUT2D eigenvalue weighted by Gasteiger charge is 2.25. The molecule has 1 aliphatic heterocycles. The minimum Gasteiger partial charge on any atom is -0.352 e. The van der Waals surface area contributed by atoms with Gasteiger partial charge in [-0.15, -0.1) is 11.3 Å². The number of fused-ring (bicyclic) bond motifs is 1. The van der Waals surface area contributed by atoms with Crippen molar-refractivity contribution >= 4 is 22.2 Å². The van der Waals surface area contributed by atoms with Crippen LogP contribution in [0.25, 0.3) is 4.96 Å². The number of hydrogen-bond donors (Lipinski definition) is 1. The number of aryl methyl sites for hydroxylation is 1. The van der Waals surface area contributed by atoms with Crippen LogP contribution < -0.4 is 10.9 Å². The molecule has 0 saturated carbocycles. The van der Waals surface area contributed by atoms with E-state index in [0.29, 0.717) is 13.1 Å². The number of carbonyl (C=O) groups is 1. The Balaban J connectivity index is 1.29. The lowest BCUT2D eigenvalue weighted by molar-refractivity contribution is -0.126. The van der Waals surface area contributed by atoms with Crippen molar-refractivity contribution in [3.05, 3.63) is 68.8 Å². The lowest BCUT2D eigenvalue weighted by atomic mass is 9.95. The number of carbonyl (C=O) groups excluding carboxylic acids is 1. The monoisotopic (exact) mass is 414 g/mol. The third-order valence-corrected chi connectivity index (χ3v) is 6.30. The molecule has 29 heavy (non-hydrogen) atoms. The normalized spacial score (nSPS) is 15.7. The number of piperidine rings is 1. The van der Waals surface area contributed by atoms with E-state index in [0.717, 1.165) is 47.8 Å². The summed E-state index contributed by atoms with van der Waals surface area (Å²) in [6.45, 7) is 4.51. The Labute approximate surface area is 172 Å². The minimum atomic E-state index is -0.280. The quantitative estimate of drug-likeness (QED) is 0.697. The second kappa shape index (κ2) is 8.42. The fraction of sp³-hybridized carbons (Fsp3) is 0.381. The van der Waals surface area contributed by atoms with E-state index in [1.54, 1.807) is 22.6 Å². The number of hydrogen-bond acceptors (Lipinski definition) is 5. The van der Waals surface area contributed by atoms with E-state index in [-0.39, 0.29) is 23.2 Å². The maximum absolute atomic E-state index is 13.0. The van der Waals surface area contributed by atoms with E-state index in [2.05, 4.69) is 15.2 Å². The summed E-state index contributed by atoms with van der Waals surface area (Å²) in [6.07, 6.45) is 1.54. The van der Waals surface area contributed by atoms with Crippen molar-refractivity contribution in [2.24, 2.45) is 5.92 Å². The molecule has 1 aliphatic rings. The predicted octanol–water partition coefficient (Wildman–Crippen LogP) is 2.73. The Bertz CT molecular complexity index is 1070. The molecule has 0 aliphatic carbocycles. The summed E-state index contributed by atoms with van der Waals surface area (Å²) in [4.78, 5) is 32.3. The number of nitrogens with one attached hydrogen (secondary N) is 1. The summed E-state index contributed by atoms with van der Waals surface area (Å²) in [5, 5.41) is 4.88. The molecule has 0 radical (unpaired) electrons. The van der Waals surface area contributed by atoms with Crippen molar-refractivity contribution in [1.29, 1.82) is 0 Å². The first kappa shape index (κ1) is 19.7. The van der Waals surface area contributed by atoms with Crippen LogP contribution in [0.5, 0.6) is 0 Å². The van der Waals surface area contributed by atoms with Gasteiger partial charge in [0.1, 0.15) is 5.82 Å². The lowest BCUT2D eigenvalue weighted by Gasteiger charge is -2.31. The van der Waals surface area contributed by atoms with E-state index in [1.165, 1.54) is 23.5 Å². The first-order valence-electron chi connectivity index (χ1n) is 9.71. The molecule has 2 aromatic heterocycles. The summed E-state index contributed by atoms with van der Waals surface area (Å²) in [6, 6.07) is 7.76. The fourth-order valence-corrected chi connectivity index (χ4v) is 4.59. The zero-order valence-corrected chi connectivity index (χ0v) is 17.0. The smallest absolute Gasteiger partial charge is 0.259 e. The highest BCUT2D eigenvalue weighted by molar-refractivity contribution is 7.15. The Morgan fingerprint density at radius 1 is 1.28 bits per heavy atom. The molecule has 3 heterocycles. The largest absolute Gasteiger partial charge is 0.352 e. The van der Waals surface area contributed by atoms with Crippen LogP contribution in [0.1, 0.15) is 29.8 Å². The summed E-state index contributed by atoms with van der Waals surface area (Å²) in [5.74, 6) is -0.258. The highest BCUT2D eigenvalue weighted by atomic mass is 32.1. The molecule has 1 saturated heterocycles. The Morgan fingerprint density at radius 3 is 2.72 bits per heavy atom. The van der Waals surface area contributed by atoms with Crippen molar-refractivity contribution in [2.45, 2.75) is 32.9 Å². The SMILES string of the molecule is Cc1csc2nc(CN3CCC(C(=O)NCc4ccc(F)cc4)CC3)cc(=O)n12. The second-order valence-corrected chi connectivity index (χ2v) is 8.31. The fourth-order valence-electron chi connectivity index (χ4n) is 3.70. The number of amides is 1. The first-order chi connectivity index (χ1) is 14.0. The summed E-state index contributed by atoms with van der Waals surface area (Å²) < 4.78 is 14.6. The average molecular weight is 415 g/mol. The first-order valence-corrected chi connectivity index (χ1v) is 10.6. The number of benzene rings is 1. The van der Waals surface area contributed by atoms with E-state index in [4.69, 9.17) is 0 Å². The molecule has 1 aromatic carbocycles. The van der Waals surface area contributed by atoms with Gasteiger partial charge in [0.2, 0.25) is 5.91 Å². The van der Waals surface area contributed by atoms with E-state index in [1.807, 2.05) is 12.3 Å². The Hall–Kier alpha value is -2.58. The van der Waals surface area contributed by atoms with Crippen LogP contribution in [0, 0.1) is 18.7 Å². The number of aromatic nitrogens is 2. The molecular formula is C21H23FN4O2S. The lowest BCUT2D eigenvalue weighted by Crippen LogP contribution is -2.40. The van der Waals surface area contributed by atoms with Crippen LogP contribution >= 0.6 is 11.3 Å². The molecule has 4 rings (SSSR count). The second-order valence-electron chi connectivity index (χ2n) is 7.48. The third-order valence-electron chi connectivity index (χ3n) is 5.35. The van der Waals surface area contributed by atoms with Gasteiger partial charge in [0.15, 0.2) is 4.96 Å². The van der Waals surface area contributed by atoms with Crippen LogP contribution in [0.3, 0.4) is 0 Å². The van der Waals surface area contributed by atoms with Gasteiger partial charge in [-0.25, -0.2) is 9.37 Å². The van der Waals surface area contributed by atoms with Crippen LogP contribution in [-0.4, -0.2) is 33.3 Å². The van der Waals surface area contributed by atoms with Gasteiger partial charge in [-0.3, -0.25) is 18.9 Å². The van der Waals surface area contributed by atoms with Crippen molar-refractivity contribution < 1.29 is 9.18 Å². The van der Waals surface area contributed by atoms with Gasteiger partial charge in [-0.1, -0.05) is 12.1 Å². The van der Waals surface area contributed by atoms with Crippen LogP contribution in [0.2, 0.25) is 0 Å². The zero-order chi connectivity index (χ0) is 20.4. The maximum Gasteiger partial charge on any atom is 0.259 e. The minimum absolute atomic E-state index is 0.0206. The van der Waals surface area contributed by atoms with E-state index in [9.17, 15) is 14.0 Å². The number of thiazole rings is 1. The molecule has 0 bridgehead atoms. The number of halogens is 1. The van der Waals surface area contributed by atoms with Crippen molar-refractivity contribution in [2.75, 3.05) is 13.1 Å². The molecule has 6 nitrogen and oxygen atoms in total. The van der Waals surface area contributed by atoms with Gasteiger partial charge in [0.25, 0.3) is 5.56 Å². The Morgan fingerprint density at radius 2 is 2.00 bits per heavy atom. The van der Waals surface area contributed by atoms with Gasteiger partial charge in [-0.2, -0.15) is 0 Å². The standard InChI is InChI=1S/C21H23FN4O2S/c1-14-13-29-21-24-18(10-19(27)26(14)21)12-25-8-6-16(7-9-25)20(28)23-11-15-2-4-17(22)5-3-15/h2-5,10,13,16H,6-9,11-12H2,1H3,(H,23,28). The van der Waals surface area contributed by atoms with Crippen molar-refractivity contribution in [3.63, 3.8) is 0 Å². The molecule has 3 aromatic rings. The molecule has 0 unspecified atom stereocenters. The molecule has 152 valence electrons. The van der Waals surface area contributed by atoms with Crippen molar-refractivity contribution in [1.82, 2.24) is 19.6 Å². The van der Waals surface area contributed by atoms with Gasteiger partial charge < -0.3 is 5.32 Å². The van der Waals surface area contributed by atoms with E-state index >= 15 is 0 Å². The van der Waals surface area contributed by atoms with Crippen molar-refractivity contribution in [3.8, 4) is 0 Å². The van der Waals surface area contributed by atoms with Gasteiger partial charge in [-0.05, 0) is 50.6 Å². The third kappa shape index (κ3) is 4.54. The van der Waals surface area contributed by atoms with Crippen LogP contribution in [-0.2, 0) is 17.9 Å². The molecule has 1 amide bonds. The number of nitrogens with zero attached hydrogens (tertiary/aromatic N) is 3. The highest BCUT2D eigenvalue weighted by Crippen LogP contribution is 2.20. The molecule has 8 heteroatoms. The Kier molecular flexibility index (Phi) is 5.73. The van der Waals surface area contributed by atoms with Crippen LogP contribution in [0.4, 0.5) is 4.39 Å². The average Bonchev–Trinajstić information content (AvgIpc) is 3.09. The molecule has 0 atom stereocenters. The van der Waals surface area contributed by atoms with Crippen LogP contribution in [0.15, 0.2) is 40.5 Å². The molecule has 1 fully saturated rings. The summed E-state index contributed by atoms with van der Waals surface area (Å²) in [5.41, 5.74) is 2.52. The summed E-state index contributed by atoms with van der Waals surface area (Å²) in [7, 11) is 0. The molecule has 1 N–H and O–H groups in total. The van der Waals surface area contributed by atoms with E-state index < -0.39 is 0 Å². The van der Waals surface area contributed by atoms with Gasteiger partial charge in [0.05, 0.1) is 5.69 Å². The summed E-state index contributed by atoms with van der Waals surface area (Å²) >= 11 is 1.47. The number of rotatable bonds is 5. The predicted molar refractivity (Wildman–Crippen MR) is 110 cm³/mol.